The van der Waals surface area contributed by atoms with Crippen LogP contribution in [0.25, 0.3) is 41.8 Å². The molecule has 5 aromatic rings. The minimum atomic E-state index is 0.884. The van der Waals surface area contributed by atoms with Crippen molar-refractivity contribution in [2.24, 2.45) is 0 Å². The minimum absolute atomic E-state index is 0.884. The molecule has 0 aliphatic heterocycles. The fraction of sp³-hybridized carbons (Fsp3) is 0.0370. The van der Waals surface area contributed by atoms with Gasteiger partial charge in [0.2, 0.25) is 0 Å². The minimum Gasteiger partial charge on any atom is -0.497 e. The van der Waals surface area contributed by atoms with Crippen molar-refractivity contribution >= 4 is 22.7 Å². The Morgan fingerprint density at radius 1 is 0.433 bits per heavy atom. The van der Waals surface area contributed by atoms with Gasteiger partial charge < -0.3 is 4.74 Å². The van der Waals surface area contributed by atoms with Gasteiger partial charge in [0, 0.05) is 19.5 Å². The molecule has 0 amide bonds. The molecular weight excluding hydrogens is 404 g/mol. The van der Waals surface area contributed by atoms with E-state index < -0.39 is 0 Å². The van der Waals surface area contributed by atoms with E-state index in [1.807, 2.05) is 34.8 Å². The van der Waals surface area contributed by atoms with Gasteiger partial charge in [-0.2, -0.15) is 0 Å². The number of hydrogen-bond acceptors (Lipinski definition) is 3. The number of ether oxygens (including phenoxy) is 1. The maximum Gasteiger partial charge on any atom is 0.118 e. The molecule has 0 atom stereocenters. The molecule has 3 heteroatoms. The van der Waals surface area contributed by atoms with E-state index in [4.69, 9.17) is 4.74 Å². The Labute approximate surface area is 184 Å². The summed E-state index contributed by atoms with van der Waals surface area (Å²) < 4.78 is 5.26. The summed E-state index contributed by atoms with van der Waals surface area (Å²) in [5.41, 5.74) is 5.01. The molecule has 0 N–H and O–H groups in total. The van der Waals surface area contributed by atoms with Crippen LogP contribution in [0.15, 0.2) is 103 Å². The van der Waals surface area contributed by atoms with Crippen molar-refractivity contribution in [2.45, 2.75) is 0 Å². The first-order valence-corrected chi connectivity index (χ1v) is 11.4. The average Bonchev–Trinajstić information content (AvgIpc) is 3.50. The fourth-order valence-electron chi connectivity index (χ4n) is 3.45. The van der Waals surface area contributed by atoms with Crippen molar-refractivity contribution in [2.75, 3.05) is 7.11 Å². The number of hydrogen-bond donors (Lipinski definition) is 0. The van der Waals surface area contributed by atoms with Crippen LogP contribution in [-0.2, 0) is 0 Å². The summed E-state index contributed by atoms with van der Waals surface area (Å²) in [5.74, 6) is 0.884. The van der Waals surface area contributed by atoms with Gasteiger partial charge >= 0.3 is 0 Å². The molecule has 2 aromatic heterocycles. The van der Waals surface area contributed by atoms with Gasteiger partial charge in [-0.25, -0.2) is 0 Å². The van der Waals surface area contributed by atoms with E-state index in [1.54, 1.807) is 7.11 Å². The first kappa shape index (κ1) is 18.9. The van der Waals surface area contributed by atoms with Crippen molar-refractivity contribution in [3.63, 3.8) is 0 Å². The van der Waals surface area contributed by atoms with Gasteiger partial charge in [0.25, 0.3) is 0 Å². The Hall–Kier alpha value is -3.14. The predicted molar refractivity (Wildman–Crippen MR) is 130 cm³/mol. The maximum atomic E-state index is 5.26. The van der Waals surface area contributed by atoms with E-state index >= 15 is 0 Å². The summed E-state index contributed by atoms with van der Waals surface area (Å²) in [7, 11) is 1.70. The van der Waals surface area contributed by atoms with Crippen LogP contribution in [0.5, 0.6) is 5.75 Å². The number of methoxy groups -OCH3 is 1. The van der Waals surface area contributed by atoms with Gasteiger partial charge in [-0.1, -0.05) is 54.6 Å². The Morgan fingerprint density at radius 3 is 1.20 bits per heavy atom. The van der Waals surface area contributed by atoms with Gasteiger partial charge in [-0.3, -0.25) is 0 Å². The molecule has 0 spiro atoms. The highest BCUT2D eigenvalue weighted by Gasteiger charge is 2.08. The first-order valence-electron chi connectivity index (χ1n) is 9.80. The van der Waals surface area contributed by atoms with E-state index in [1.165, 1.54) is 41.8 Å². The molecule has 5 rings (SSSR count). The first-order chi connectivity index (χ1) is 14.8. The standard InChI is InChI=1S/C27H20OS2/c1-28-23-13-11-22(12-14-23)27-18-17-26(30-27)21-9-7-20(8-10-21)25-16-15-24(29-25)19-5-3-2-4-6-19/h2-18H,1H3. The van der Waals surface area contributed by atoms with Crippen LogP contribution in [0.1, 0.15) is 0 Å². The number of benzene rings is 3. The van der Waals surface area contributed by atoms with E-state index in [2.05, 4.69) is 91.0 Å². The van der Waals surface area contributed by atoms with Gasteiger partial charge in [0.05, 0.1) is 7.11 Å². The molecule has 30 heavy (non-hydrogen) atoms. The molecule has 0 aliphatic carbocycles. The van der Waals surface area contributed by atoms with Crippen molar-refractivity contribution < 1.29 is 4.74 Å². The van der Waals surface area contributed by atoms with Crippen LogP contribution in [0.3, 0.4) is 0 Å². The van der Waals surface area contributed by atoms with E-state index in [9.17, 15) is 0 Å². The monoisotopic (exact) mass is 424 g/mol. The smallest absolute Gasteiger partial charge is 0.118 e. The molecule has 2 heterocycles. The van der Waals surface area contributed by atoms with Crippen LogP contribution in [-0.4, -0.2) is 7.11 Å². The molecule has 1 nitrogen and oxygen atoms in total. The lowest BCUT2D eigenvalue weighted by Gasteiger charge is -2.02. The van der Waals surface area contributed by atoms with Crippen LogP contribution in [0.4, 0.5) is 0 Å². The van der Waals surface area contributed by atoms with Crippen molar-refractivity contribution in [3.05, 3.63) is 103 Å². The maximum absolute atomic E-state index is 5.26. The summed E-state index contributed by atoms with van der Waals surface area (Å²) in [5, 5.41) is 0. The lowest BCUT2D eigenvalue weighted by atomic mass is 10.1. The lowest BCUT2D eigenvalue weighted by molar-refractivity contribution is 0.415. The number of rotatable bonds is 5. The molecule has 0 fully saturated rings. The summed E-state index contributed by atoms with van der Waals surface area (Å²) >= 11 is 3.65. The quantitative estimate of drug-likeness (QED) is 0.275. The van der Waals surface area contributed by atoms with E-state index in [-0.39, 0.29) is 0 Å². The Bertz CT molecular complexity index is 1250. The lowest BCUT2D eigenvalue weighted by Crippen LogP contribution is -1.81. The van der Waals surface area contributed by atoms with Gasteiger partial charge in [0.1, 0.15) is 5.75 Å². The summed E-state index contributed by atoms with van der Waals surface area (Å²) in [6, 6.07) is 36.5. The molecular formula is C27H20OS2. The van der Waals surface area contributed by atoms with Gasteiger partial charge in [-0.15, -0.1) is 22.7 Å². The highest BCUT2D eigenvalue weighted by Crippen LogP contribution is 2.38. The molecule has 3 aromatic carbocycles. The molecule has 0 radical (unpaired) electrons. The fourth-order valence-corrected chi connectivity index (χ4v) is 5.49. The average molecular weight is 425 g/mol. The molecule has 0 saturated heterocycles. The van der Waals surface area contributed by atoms with Crippen LogP contribution < -0.4 is 4.74 Å². The summed E-state index contributed by atoms with van der Waals surface area (Å²) in [4.78, 5) is 5.15. The summed E-state index contributed by atoms with van der Waals surface area (Å²) in [6.45, 7) is 0. The SMILES string of the molecule is COc1ccc(-c2ccc(-c3ccc(-c4ccc(-c5ccccc5)s4)cc3)s2)cc1. The van der Waals surface area contributed by atoms with Gasteiger partial charge in [0.15, 0.2) is 0 Å². The topological polar surface area (TPSA) is 9.23 Å². The molecule has 0 bridgehead atoms. The summed E-state index contributed by atoms with van der Waals surface area (Å²) in [6.07, 6.45) is 0. The molecule has 146 valence electrons. The Kier molecular flexibility index (Phi) is 5.22. The third kappa shape index (κ3) is 3.82. The highest BCUT2D eigenvalue weighted by atomic mass is 32.1. The zero-order valence-electron chi connectivity index (χ0n) is 16.5. The third-order valence-corrected chi connectivity index (χ3v) is 7.47. The second kappa shape index (κ2) is 8.31. The van der Waals surface area contributed by atoms with E-state index in [0.717, 1.165) is 5.75 Å². The number of thiophene rings is 2. The molecule has 0 unspecified atom stereocenters. The molecule has 0 saturated carbocycles. The van der Waals surface area contributed by atoms with Crippen LogP contribution in [0.2, 0.25) is 0 Å². The van der Waals surface area contributed by atoms with Gasteiger partial charge in [-0.05, 0) is 70.8 Å². The second-order valence-corrected chi connectivity index (χ2v) is 9.17. The Morgan fingerprint density at radius 2 is 0.800 bits per heavy atom. The van der Waals surface area contributed by atoms with Crippen molar-refractivity contribution in [1.82, 2.24) is 0 Å². The van der Waals surface area contributed by atoms with Crippen LogP contribution >= 0.6 is 22.7 Å². The molecule has 0 aliphatic rings. The second-order valence-electron chi connectivity index (χ2n) is 7.00. The van der Waals surface area contributed by atoms with Crippen molar-refractivity contribution in [1.29, 1.82) is 0 Å². The zero-order chi connectivity index (χ0) is 20.3. The van der Waals surface area contributed by atoms with E-state index in [0.29, 0.717) is 0 Å². The third-order valence-electron chi connectivity index (χ3n) is 5.10. The highest BCUT2D eigenvalue weighted by molar-refractivity contribution is 7.19. The largest absolute Gasteiger partial charge is 0.497 e. The predicted octanol–water partition coefficient (Wildman–Crippen LogP) is 8.49. The Balaban J connectivity index is 1.37. The van der Waals surface area contributed by atoms with Crippen LogP contribution in [0, 0.1) is 0 Å². The zero-order valence-corrected chi connectivity index (χ0v) is 18.2. The van der Waals surface area contributed by atoms with Crippen molar-refractivity contribution in [3.8, 4) is 47.5 Å². The normalized spacial score (nSPS) is 10.8.